The van der Waals surface area contributed by atoms with E-state index in [4.69, 9.17) is 0 Å². The minimum absolute atomic E-state index is 0.00464. The number of amides is 1. The number of carbonyl (C=O) groups excluding carboxylic acids is 1. The molecule has 0 unspecified atom stereocenters. The first-order valence-electron chi connectivity index (χ1n) is 8.44. The van der Waals surface area contributed by atoms with Gasteiger partial charge >= 0.3 is 0 Å². The average molecular weight is 361 g/mol. The molecule has 4 aromatic rings. The van der Waals surface area contributed by atoms with Crippen LogP contribution < -0.4 is 0 Å². The van der Waals surface area contributed by atoms with Gasteiger partial charge in [-0.05, 0) is 59.6 Å². The molecular weight excluding hydrogens is 342 g/mol. The number of para-hydroxylation sites is 1. The highest BCUT2D eigenvalue weighted by Gasteiger charge is 2.15. The Hall–Kier alpha value is -2.92. The fourth-order valence-corrected chi connectivity index (χ4v) is 3.85. The van der Waals surface area contributed by atoms with Gasteiger partial charge in [0.1, 0.15) is 5.82 Å². The summed E-state index contributed by atoms with van der Waals surface area (Å²) in [5, 5.41) is 4.09. The van der Waals surface area contributed by atoms with E-state index in [-0.39, 0.29) is 5.91 Å². The highest BCUT2D eigenvalue weighted by Crippen LogP contribution is 2.23. The van der Waals surface area contributed by atoms with Gasteiger partial charge in [-0.15, -0.1) is 0 Å². The van der Waals surface area contributed by atoms with Crippen molar-refractivity contribution in [2.75, 3.05) is 7.05 Å². The summed E-state index contributed by atoms with van der Waals surface area (Å²) < 4.78 is 2.11. The zero-order chi connectivity index (χ0) is 18.1. The molecule has 0 bridgehead atoms. The van der Waals surface area contributed by atoms with E-state index in [9.17, 15) is 4.79 Å². The lowest BCUT2D eigenvalue weighted by Crippen LogP contribution is -2.25. The first kappa shape index (κ1) is 16.5. The van der Waals surface area contributed by atoms with Crippen LogP contribution in [0.1, 0.15) is 21.7 Å². The topological polar surface area (TPSA) is 38.1 Å². The lowest BCUT2D eigenvalue weighted by Gasteiger charge is -2.16. The van der Waals surface area contributed by atoms with E-state index >= 15 is 0 Å². The van der Waals surface area contributed by atoms with Crippen LogP contribution in [0.25, 0.3) is 16.7 Å². The minimum atomic E-state index is 0.00464. The molecule has 0 saturated carbocycles. The summed E-state index contributed by atoms with van der Waals surface area (Å²) in [5.41, 5.74) is 4.72. The number of imidazole rings is 1. The van der Waals surface area contributed by atoms with Crippen molar-refractivity contribution in [1.29, 1.82) is 0 Å². The Morgan fingerprint density at radius 3 is 2.69 bits per heavy atom. The molecule has 26 heavy (non-hydrogen) atoms. The summed E-state index contributed by atoms with van der Waals surface area (Å²) in [6.45, 7) is 2.59. The maximum absolute atomic E-state index is 12.8. The maximum Gasteiger partial charge on any atom is 0.253 e. The number of hydrogen-bond donors (Lipinski definition) is 0. The van der Waals surface area contributed by atoms with Gasteiger partial charge in [-0.1, -0.05) is 18.2 Å². The number of nitrogens with zero attached hydrogens (tertiary/aromatic N) is 3. The lowest BCUT2D eigenvalue weighted by atomic mass is 10.1. The van der Waals surface area contributed by atoms with Gasteiger partial charge in [-0.3, -0.25) is 9.36 Å². The fraction of sp³-hybridized carbons (Fsp3) is 0.143. The quantitative estimate of drug-likeness (QED) is 0.530. The molecule has 4 nitrogen and oxygen atoms in total. The van der Waals surface area contributed by atoms with Gasteiger partial charge in [0, 0.05) is 24.8 Å². The highest BCUT2D eigenvalue weighted by atomic mass is 32.1. The molecule has 0 atom stereocenters. The van der Waals surface area contributed by atoms with Gasteiger partial charge in [0.2, 0.25) is 0 Å². The predicted octanol–water partition coefficient (Wildman–Crippen LogP) is 4.67. The minimum Gasteiger partial charge on any atom is -0.337 e. The zero-order valence-corrected chi connectivity index (χ0v) is 15.5. The first-order valence-corrected chi connectivity index (χ1v) is 9.39. The zero-order valence-electron chi connectivity index (χ0n) is 14.7. The molecule has 0 aliphatic rings. The third-order valence-corrected chi connectivity index (χ3v) is 5.16. The smallest absolute Gasteiger partial charge is 0.253 e. The Balaban J connectivity index is 1.67. The van der Waals surface area contributed by atoms with Gasteiger partial charge in [-0.2, -0.15) is 11.3 Å². The molecule has 0 N–H and O–H groups in total. The molecular formula is C21H19N3OS. The second-order valence-corrected chi connectivity index (χ2v) is 7.11. The van der Waals surface area contributed by atoms with Gasteiger partial charge in [-0.25, -0.2) is 4.98 Å². The fourth-order valence-electron chi connectivity index (χ4n) is 3.19. The van der Waals surface area contributed by atoms with E-state index in [2.05, 4.69) is 27.1 Å². The summed E-state index contributed by atoms with van der Waals surface area (Å²) in [4.78, 5) is 19.2. The molecule has 0 aliphatic heterocycles. The standard InChI is InChI=1S/C21H19N3OS/c1-15-22-19-12-17(21(25)23(2)13-16-10-11-26-14-16)8-9-20(19)24(15)18-6-4-3-5-7-18/h3-12,14H,13H2,1-2H3. The second kappa shape index (κ2) is 6.77. The van der Waals surface area contributed by atoms with Crippen molar-refractivity contribution in [1.82, 2.24) is 14.5 Å². The number of aryl methyl sites for hydroxylation is 1. The van der Waals surface area contributed by atoms with E-state index in [0.717, 1.165) is 28.1 Å². The summed E-state index contributed by atoms with van der Waals surface area (Å²) >= 11 is 1.64. The Bertz CT molecular complexity index is 1050. The summed E-state index contributed by atoms with van der Waals surface area (Å²) in [6.07, 6.45) is 0. The molecule has 2 aromatic heterocycles. The van der Waals surface area contributed by atoms with Crippen molar-refractivity contribution < 1.29 is 4.79 Å². The number of carbonyl (C=O) groups is 1. The second-order valence-electron chi connectivity index (χ2n) is 6.33. The van der Waals surface area contributed by atoms with Gasteiger partial charge in [0.25, 0.3) is 5.91 Å². The maximum atomic E-state index is 12.8. The van der Waals surface area contributed by atoms with Crippen LogP contribution in [0.15, 0.2) is 65.4 Å². The van der Waals surface area contributed by atoms with E-state index in [1.807, 2.05) is 61.8 Å². The Morgan fingerprint density at radius 2 is 1.96 bits per heavy atom. The Morgan fingerprint density at radius 1 is 1.15 bits per heavy atom. The van der Waals surface area contributed by atoms with E-state index in [0.29, 0.717) is 12.1 Å². The molecule has 4 rings (SSSR count). The third-order valence-electron chi connectivity index (χ3n) is 4.43. The van der Waals surface area contributed by atoms with Crippen molar-refractivity contribution in [3.63, 3.8) is 0 Å². The summed E-state index contributed by atoms with van der Waals surface area (Å²) in [5.74, 6) is 0.910. The predicted molar refractivity (Wildman–Crippen MR) is 106 cm³/mol. The van der Waals surface area contributed by atoms with Crippen LogP contribution in [-0.4, -0.2) is 27.4 Å². The number of hydrogen-bond acceptors (Lipinski definition) is 3. The first-order chi connectivity index (χ1) is 12.6. The van der Waals surface area contributed by atoms with E-state index in [1.165, 1.54) is 0 Å². The number of benzene rings is 2. The van der Waals surface area contributed by atoms with Gasteiger partial charge in [0.15, 0.2) is 0 Å². The lowest BCUT2D eigenvalue weighted by molar-refractivity contribution is 0.0785. The Kier molecular flexibility index (Phi) is 4.31. The van der Waals surface area contributed by atoms with Crippen molar-refractivity contribution in [2.45, 2.75) is 13.5 Å². The number of thiophene rings is 1. The molecule has 0 spiro atoms. The van der Waals surface area contributed by atoms with Crippen LogP contribution in [0.4, 0.5) is 0 Å². The summed E-state index contributed by atoms with van der Waals surface area (Å²) in [7, 11) is 1.83. The molecule has 0 saturated heterocycles. The van der Waals surface area contributed by atoms with Gasteiger partial charge in [0.05, 0.1) is 11.0 Å². The average Bonchev–Trinajstić information content (AvgIpc) is 3.27. The van der Waals surface area contributed by atoms with E-state index in [1.54, 1.807) is 16.2 Å². The molecule has 5 heteroatoms. The van der Waals surface area contributed by atoms with Crippen molar-refractivity contribution in [3.05, 3.63) is 82.3 Å². The van der Waals surface area contributed by atoms with Crippen LogP contribution in [0.2, 0.25) is 0 Å². The summed E-state index contributed by atoms with van der Waals surface area (Å²) in [6, 6.07) is 17.9. The molecule has 0 aliphatic carbocycles. The van der Waals surface area contributed by atoms with Crippen molar-refractivity contribution in [3.8, 4) is 5.69 Å². The van der Waals surface area contributed by atoms with Crippen molar-refractivity contribution in [2.24, 2.45) is 0 Å². The molecule has 1 amide bonds. The van der Waals surface area contributed by atoms with Gasteiger partial charge < -0.3 is 4.90 Å². The number of aromatic nitrogens is 2. The molecule has 0 radical (unpaired) electrons. The third kappa shape index (κ3) is 3.02. The van der Waals surface area contributed by atoms with E-state index < -0.39 is 0 Å². The largest absolute Gasteiger partial charge is 0.337 e. The van der Waals surface area contributed by atoms with Crippen LogP contribution in [-0.2, 0) is 6.54 Å². The molecule has 130 valence electrons. The monoisotopic (exact) mass is 361 g/mol. The number of rotatable bonds is 4. The van der Waals surface area contributed by atoms with Crippen LogP contribution >= 0.6 is 11.3 Å². The SMILES string of the molecule is Cc1nc2cc(C(=O)N(C)Cc3ccsc3)ccc2n1-c1ccccc1. The van der Waals surface area contributed by atoms with Crippen molar-refractivity contribution >= 4 is 28.3 Å². The molecule has 2 heterocycles. The highest BCUT2D eigenvalue weighted by molar-refractivity contribution is 7.07. The molecule has 0 fully saturated rings. The Labute approximate surface area is 156 Å². The number of fused-ring (bicyclic) bond motifs is 1. The molecule has 2 aromatic carbocycles. The van der Waals surface area contributed by atoms with Crippen LogP contribution in [0, 0.1) is 6.92 Å². The van der Waals surface area contributed by atoms with Crippen LogP contribution in [0.3, 0.4) is 0 Å². The van der Waals surface area contributed by atoms with Crippen LogP contribution in [0.5, 0.6) is 0 Å². The normalized spacial score (nSPS) is 11.0.